The van der Waals surface area contributed by atoms with E-state index in [1.165, 1.54) is 34.0 Å². The molecule has 4 nitrogen and oxygen atoms in total. The third kappa shape index (κ3) is 3.47. The van der Waals surface area contributed by atoms with Crippen LogP contribution in [0.25, 0.3) is 10.2 Å². The Morgan fingerprint density at radius 2 is 2.35 bits per heavy atom. The maximum atomic E-state index is 6.31. The zero-order valence-corrected chi connectivity index (χ0v) is 15.8. The van der Waals surface area contributed by atoms with Crippen LogP contribution in [0.5, 0.6) is 0 Å². The smallest absolute Gasteiger partial charge is 0.127 e. The number of thiophene rings is 1. The van der Waals surface area contributed by atoms with E-state index in [0.29, 0.717) is 6.54 Å². The highest BCUT2D eigenvalue weighted by atomic mass is 79.9. The van der Waals surface area contributed by atoms with Gasteiger partial charge in [-0.15, -0.1) is 11.3 Å². The third-order valence-corrected chi connectivity index (χ3v) is 7.38. The van der Waals surface area contributed by atoms with E-state index in [1.807, 2.05) is 12.1 Å². The first-order chi connectivity index (χ1) is 11.2. The van der Waals surface area contributed by atoms with Gasteiger partial charge in [0.25, 0.3) is 0 Å². The minimum atomic E-state index is 0.254. The molecule has 23 heavy (non-hydrogen) atoms. The van der Waals surface area contributed by atoms with Crippen molar-refractivity contribution in [2.24, 2.45) is 11.7 Å². The Hall–Kier alpha value is -0.890. The Balaban J connectivity index is 1.50. The number of halogens is 1. The van der Waals surface area contributed by atoms with Gasteiger partial charge >= 0.3 is 0 Å². The molecule has 0 saturated heterocycles. The maximum Gasteiger partial charge on any atom is 0.127 e. The number of aromatic nitrogens is 1. The molecule has 7 heteroatoms. The Kier molecular flexibility index (Phi) is 4.45. The lowest BCUT2D eigenvalue weighted by molar-refractivity contribution is 0.518. The third-order valence-electron chi connectivity index (χ3n) is 4.11. The molecular weight excluding hydrogens is 394 g/mol. The summed E-state index contributed by atoms with van der Waals surface area (Å²) in [5.74, 6) is 1.79. The van der Waals surface area contributed by atoms with E-state index in [-0.39, 0.29) is 6.04 Å². The molecule has 3 N–H and O–H groups in total. The molecule has 0 unspecified atom stereocenters. The average Bonchev–Trinajstić information content (AvgIpc) is 2.95. The molecule has 3 aromatic rings. The summed E-state index contributed by atoms with van der Waals surface area (Å²) in [6.07, 6.45) is 6.49. The first kappa shape index (κ1) is 15.6. The second-order valence-corrected chi connectivity index (χ2v) is 8.78. The standard InChI is InChI=1S/C16H18BrN3OS2/c17-13-12(7-10(18)6-9-3-4-9)22-15-14(13)20-23-16(15)19-8-11-2-1-5-21-11/h1-2,5,9-10,19H,3-4,6-8,18H2/t10-/m0/s1. The van der Waals surface area contributed by atoms with Crippen LogP contribution >= 0.6 is 38.8 Å². The molecule has 1 atom stereocenters. The Morgan fingerprint density at radius 1 is 1.48 bits per heavy atom. The number of anilines is 1. The summed E-state index contributed by atoms with van der Waals surface area (Å²) >= 11 is 7.02. The highest BCUT2D eigenvalue weighted by Crippen LogP contribution is 2.42. The number of nitrogens with zero attached hydrogens (tertiary/aromatic N) is 1. The molecule has 0 aliphatic heterocycles. The average molecular weight is 412 g/mol. The quantitative estimate of drug-likeness (QED) is 0.574. The number of rotatable bonds is 7. The number of furan rings is 1. The molecule has 1 saturated carbocycles. The number of hydrogen-bond donors (Lipinski definition) is 2. The fourth-order valence-corrected chi connectivity index (χ4v) is 5.80. The summed E-state index contributed by atoms with van der Waals surface area (Å²) in [4.78, 5) is 1.31. The molecule has 0 bridgehead atoms. The van der Waals surface area contributed by atoms with E-state index in [4.69, 9.17) is 10.2 Å². The fraction of sp³-hybridized carbons (Fsp3) is 0.438. The molecule has 1 aliphatic carbocycles. The van der Waals surface area contributed by atoms with Gasteiger partial charge in [0, 0.05) is 10.9 Å². The van der Waals surface area contributed by atoms with E-state index in [0.717, 1.165) is 39.5 Å². The Bertz CT molecular complexity index is 792. The van der Waals surface area contributed by atoms with Gasteiger partial charge in [0.2, 0.25) is 0 Å². The van der Waals surface area contributed by atoms with Crippen molar-refractivity contribution in [2.45, 2.75) is 38.3 Å². The molecule has 3 aromatic heterocycles. The minimum Gasteiger partial charge on any atom is -0.467 e. The number of hydrogen-bond acceptors (Lipinski definition) is 6. The van der Waals surface area contributed by atoms with Gasteiger partial charge in [-0.1, -0.05) is 12.8 Å². The summed E-state index contributed by atoms with van der Waals surface area (Å²) in [7, 11) is 0. The van der Waals surface area contributed by atoms with Gasteiger partial charge in [-0.2, -0.15) is 4.37 Å². The normalized spacial score (nSPS) is 16.1. The van der Waals surface area contributed by atoms with E-state index in [9.17, 15) is 0 Å². The van der Waals surface area contributed by atoms with Crippen LogP contribution in [0.2, 0.25) is 0 Å². The monoisotopic (exact) mass is 411 g/mol. The zero-order valence-electron chi connectivity index (χ0n) is 12.5. The van der Waals surface area contributed by atoms with Crippen molar-refractivity contribution in [3.05, 3.63) is 33.5 Å². The van der Waals surface area contributed by atoms with Crippen LogP contribution in [0.1, 0.15) is 29.9 Å². The maximum absolute atomic E-state index is 6.31. The predicted octanol–water partition coefficient (Wildman–Crippen LogP) is 5.00. The van der Waals surface area contributed by atoms with Crippen molar-refractivity contribution in [3.8, 4) is 0 Å². The molecule has 3 heterocycles. The Morgan fingerprint density at radius 3 is 3.09 bits per heavy atom. The first-order valence-corrected chi connectivity index (χ1v) is 10.2. The van der Waals surface area contributed by atoms with E-state index in [1.54, 1.807) is 17.6 Å². The second-order valence-electron chi connectivity index (χ2n) is 6.10. The van der Waals surface area contributed by atoms with Crippen molar-refractivity contribution in [1.29, 1.82) is 0 Å². The summed E-state index contributed by atoms with van der Waals surface area (Å²) < 4.78 is 12.3. The van der Waals surface area contributed by atoms with Gasteiger partial charge in [-0.05, 0) is 58.4 Å². The number of fused-ring (bicyclic) bond motifs is 1. The van der Waals surface area contributed by atoms with Crippen molar-refractivity contribution in [2.75, 3.05) is 5.32 Å². The van der Waals surface area contributed by atoms with Crippen LogP contribution in [0.3, 0.4) is 0 Å². The van der Waals surface area contributed by atoms with Crippen LogP contribution in [-0.4, -0.2) is 10.4 Å². The molecule has 0 amide bonds. The lowest BCUT2D eigenvalue weighted by Crippen LogP contribution is -2.23. The van der Waals surface area contributed by atoms with Crippen molar-refractivity contribution < 1.29 is 4.42 Å². The molecule has 0 radical (unpaired) electrons. The largest absolute Gasteiger partial charge is 0.467 e. The minimum absolute atomic E-state index is 0.254. The van der Waals surface area contributed by atoms with Crippen LogP contribution < -0.4 is 11.1 Å². The van der Waals surface area contributed by atoms with Crippen LogP contribution in [-0.2, 0) is 13.0 Å². The fourth-order valence-electron chi connectivity index (χ4n) is 2.74. The molecule has 1 aliphatic rings. The van der Waals surface area contributed by atoms with Crippen molar-refractivity contribution in [3.63, 3.8) is 0 Å². The van der Waals surface area contributed by atoms with Gasteiger partial charge in [0.15, 0.2) is 0 Å². The molecule has 0 spiro atoms. The van der Waals surface area contributed by atoms with Gasteiger partial charge in [-0.25, -0.2) is 0 Å². The topological polar surface area (TPSA) is 64.1 Å². The van der Waals surface area contributed by atoms with Crippen molar-refractivity contribution >= 4 is 54.0 Å². The molecule has 0 aromatic carbocycles. The SMILES string of the molecule is N[C@H](Cc1sc2c(NCc3ccco3)snc2c1Br)CC1CC1. The lowest BCUT2D eigenvalue weighted by Gasteiger charge is -2.09. The van der Waals surface area contributed by atoms with E-state index in [2.05, 4.69) is 25.6 Å². The van der Waals surface area contributed by atoms with Crippen LogP contribution in [0.4, 0.5) is 5.00 Å². The number of nitrogens with two attached hydrogens (primary N) is 1. The molecule has 1 fully saturated rings. The van der Waals surface area contributed by atoms with Gasteiger partial charge in [0.1, 0.15) is 16.3 Å². The van der Waals surface area contributed by atoms with Gasteiger partial charge in [-0.3, -0.25) is 0 Å². The number of nitrogens with one attached hydrogen (secondary N) is 1. The van der Waals surface area contributed by atoms with E-state index >= 15 is 0 Å². The van der Waals surface area contributed by atoms with Crippen LogP contribution in [0, 0.1) is 5.92 Å². The predicted molar refractivity (Wildman–Crippen MR) is 100 cm³/mol. The van der Waals surface area contributed by atoms with Crippen molar-refractivity contribution in [1.82, 2.24) is 4.37 Å². The molecule has 4 rings (SSSR count). The second kappa shape index (κ2) is 6.55. The zero-order chi connectivity index (χ0) is 15.8. The lowest BCUT2D eigenvalue weighted by atomic mass is 10.1. The summed E-state index contributed by atoms with van der Waals surface area (Å²) in [6, 6.07) is 4.13. The molecular formula is C16H18BrN3OS2. The summed E-state index contributed by atoms with van der Waals surface area (Å²) in [5, 5.41) is 4.53. The van der Waals surface area contributed by atoms with Crippen LogP contribution in [0.15, 0.2) is 27.3 Å². The van der Waals surface area contributed by atoms with E-state index < -0.39 is 0 Å². The summed E-state index contributed by atoms with van der Waals surface area (Å²) in [6.45, 7) is 0.677. The summed E-state index contributed by atoms with van der Waals surface area (Å²) in [5.41, 5.74) is 7.36. The van der Waals surface area contributed by atoms with Gasteiger partial charge < -0.3 is 15.5 Å². The Labute approximate surface area is 151 Å². The highest BCUT2D eigenvalue weighted by Gasteiger charge is 2.25. The highest BCUT2D eigenvalue weighted by molar-refractivity contribution is 9.10. The first-order valence-electron chi connectivity index (χ1n) is 7.79. The van der Waals surface area contributed by atoms with Gasteiger partial charge in [0.05, 0.1) is 22.0 Å². The molecule has 122 valence electrons.